The van der Waals surface area contributed by atoms with Crippen molar-refractivity contribution in [3.05, 3.63) is 0 Å². The molecule has 19 heavy (non-hydrogen) atoms. The number of hydrogen-bond donors (Lipinski definition) is 0. The first kappa shape index (κ1) is 12.9. The Kier molecular flexibility index (Phi) is 2.88. The molecule has 106 valence electrons. The highest BCUT2D eigenvalue weighted by Gasteiger charge is 2.56. The predicted octanol–water partition coefficient (Wildman–Crippen LogP) is 2.96. The first-order chi connectivity index (χ1) is 8.87. The molecule has 0 aromatic heterocycles. The fraction of sp³-hybridized carbons (Fsp3) is 0.867. The number of imide groups is 1. The topological polar surface area (TPSA) is 46.6 Å². The van der Waals surface area contributed by atoms with E-state index in [-0.39, 0.29) is 11.9 Å². The van der Waals surface area contributed by atoms with Crippen molar-refractivity contribution in [2.75, 3.05) is 0 Å². The van der Waals surface area contributed by atoms with Crippen molar-refractivity contribution in [1.82, 2.24) is 4.90 Å². The van der Waals surface area contributed by atoms with Gasteiger partial charge in [0.15, 0.2) is 0 Å². The summed E-state index contributed by atoms with van der Waals surface area (Å²) in [6.45, 7) is 5.53. The second kappa shape index (κ2) is 4.22. The van der Waals surface area contributed by atoms with Crippen LogP contribution in [0.1, 0.15) is 52.9 Å². The number of carbonyl (C=O) groups is 2. The van der Waals surface area contributed by atoms with Gasteiger partial charge >= 0.3 is 6.09 Å². The smallest absolute Gasteiger partial charge is 0.417 e. The number of ether oxygens (including phenoxy) is 1. The molecule has 1 heterocycles. The minimum Gasteiger partial charge on any atom is -0.443 e. The number of amides is 2. The summed E-state index contributed by atoms with van der Waals surface area (Å²) in [5.74, 6) is 1.61. The lowest BCUT2D eigenvalue weighted by Gasteiger charge is -2.30. The maximum atomic E-state index is 12.3. The van der Waals surface area contributed by atoms with Gasteiger partial charge in [-0.2, -0.15) is 0 Å². The first-order valence-electron chi connectivity index (χ1n) is 7.42. The van der Waals surface area contributed by atoms with Gasteiger partial charge in [0.1, 0.15) is 5.60 Å². The van der Waals surface area contributed by atoms with Crippen molar-refractivity contribution < 1.29 is 14.3 Å². The van der Waals surface area contributed by atoms with Crippen molar-refractivity contribution in [1.29, 1.82) is 0 Å². The van der Waals surface area contributed by atoms with Crippen LogP contribution < -0.4 is 0 Å². The first-order valence-corrected chi connectivity index (χ1v) is 7.42. The maximum absolute atomic E-state index is 12.3. The largest absolute Gasteiger partial charge is 0.443 e. The van der Waals surface area contributed by atoms with E-state index in [9.17, 15) is 9.59 Å². The number of likely N-dealkylation sites (tertiary alicyclic amines) is 1. The molecule has 4 nitrogen and oxygen atoms in total. The molecule has 1 aliphatic heterocycles. The Morgan fingerprint density at radius 3 is 2.68 bits per heavy atom. The van der Waals surface area contributed by atoms with Crippen LogP contribution in [0.4, 0.5) is 4.79 Å². The zero-order valence-electron chi connectivity index (χ0n) is 12.0. The van der Waals surface area contributed by atoms with Crippen molar-refractivity contribution in [3.8, 4) is 0 Å². The highest BCUT2D eigenvalue weighted by atomic mass is 16.6. The van der Waals surface area contributed by atoms with Crippen LogP contribution in [-0.4, -0.2) is 28.5 Å². The summed E-state index contributed by atoms with van der Waals surface area (Å²) in [5, 5.41) is 0. The molecule has 4 heteroatoms. The Morgan fingerprint density at radius 2 is 2.00 bits per heavy atom. The number of rotatable bonds is 0. The van der Waals surface area contributed by atoms with Gasteiger partial charge in [0.25, 0.3) is 0 Å². The summed E-state index contributed by atoms with van der Waals surface area (Å²) in [7, 11) is 0. The number of nitrogens with zero attached hydrogens (tertiary/aromatic N) is 1. The molecule has 0 aromatic rings. The standard InChI is InChI=1S/C15H23NO3/c1-15(2,3)19-14(18)16-12(17)8-10-7-9-5-4-6-11(9)13(10)16/h9-11,13H,4-8H2,1-3H3/t9-,10+,11-,13-/m0/s1. The summed E-state index contributed by atoms with van der Waals surface area (Å²) in [6, 6.07) is 0.120. The van der Waals surface area contributed by atoms with Crippen LogP contribution in [0, 0.1) is 17.8 Å². The fourth-order valence-corrected chi connectivity index (χ4v) is 4.32. The van der Waals surface area contributed by atoms with E-state index in [0.29, 0.717) is 18.3 Å². The Hall–Kier alpha value is -1.06. The zero-order chi connectivity index (χ0) is 13.8. The highest BCUT2D eigenvalue weighted by Crippen LogP contribution is 2.52. The second-order valence-electron chi connectivity index (χ2n) is 7.29. The van der Waals surface area contributed by atoms with Crippen molar-refractivity contribution in [2.45, 2.75) is 64.5 Å². The van der Waals surface area contributed by atoms with Crippen molar-refractivity contribution in [2.24, 2.45) is 17.8 Å². The van der Waals surface area contributed by atoms with Gasteiger partial charge in [-0.05, 0) is 51.4 Å². The molecule has 4 atom stereocenters. The van der Waals surface area contributed by atoms with E-state index in [2.05, 4.69) is 0 Å². The molecule has 3 aliphatic rings. The lowest BCUT2D eigenvalue weighted by atomic mass is 9.96. The van der Waals surface area contributed by atoms with E-state index in [1.54, 1.807) is 0 Å². The molecule has 0 aromatic carbocycles. The van der Waals surface area contributed by atoms with Gasteiger partial charge in [-0.25, -0.2) is 9.69 Å². The van der Waals surface area contributed by atoms with Crippen LogP contribution >= 0.6 is 0 Å². The van der Waals surface area contributed by atoms with Crippen LogP contribution in [0.25, 0.3) is 0 Å². The molecular formula is C15H23NO3. The van der Waals surface area contributed by atoms with Crippen LogP contribution in [0.2, 0.25) is 0 Å². The van der Waals surface area contributed by atoms with Crippen LogP contribution in [-0.2, 0) is 9.53 Å². The predicted molar refractivity (Wildman–Crippen MR) is 70.4 cm³/mol. The lowest BCUT2D eigenvalue weighted by Crippen LogP contribution is -2.45. The molecule has 2 aliphatic carbocycles. The van der Waals surface area contributed by atoms with E-state index >= 15 is 0 Å². The highest BCUT2D eigenvalue weighted by molar-refractivity contribution is 5.94. The summed E-state index contributed by atoms with van der Waals surface area (Å²) in [4.78, 5) is 25.9. The molecule has 0 bridgehead atoms. The quantitative estimate of drug-likeness (QED) is 0.676. The van der Waals surface area contributed by atoms with Crippen molar-refractivity contribution in [3.63, 3.8) is 0 Å². The molecule has 0 spiro atoms. The molecule has 3 fully saturated rings. The minimum absolute atomic E-state index is 0.0328. The summed E-state index contributed by atoms with van der Waals surface area (Å²) in [6.07, 6.45) is 4.91. The van der Waals surface area contributed by atoms with E-state index in [4.69, 9.17) is 4.74 Å². The normalized spacial score (nSPS) is 37.4. The van der Waals surface area contributed by atoms with E-state index < -0.39 is 11.7 Å². The number of fused-ring (bicyclic) bond motifs is 3. The number of carbonyl (C=O) groups excluding carboxylic acids is 2. The van der Waals surface area contributed by atoms with Gasteiger partial charge in [-0.3, -0.25) is 4.79 Å². The summed E-state index contributed by atoms with van der Waals surface area (Å²) >= 11 is 0. The third-order valence-electron chi connectivity index (χ3n) is 4.84. The summed E-state index contributed by atoms with van der Waals surface area (Å²) < 4.78 is 5.41. The minimum atomic E-state index is -0.539. The van der Waals surface area contributed by atoms with E-state index in [1.165, 1.54) is 24.2 Å². The van der Waals surface area contributed by atoms with Gasteiger partial charge in [0, 0.05) is 12.5 Å². The average molecular weight is 265 g/mol. The van der Waals surface area contributed by atoms with Gasteiger partial charge in [0.2, 0.25) is 5.91 Å². The lowest BCUT2D eigenvalue weighted by molar-refractivity contribution is -0.128. The molecule has 0 radical (unpaired) electrons. The number of hydrogen-bond acceptors (Lipinski definition) is 3. The third-order valence-corrected chi connectivity index (χ3v) is 4.84. The Labute approximate surface area is 114 Å². The van der Waals surface area contributed by atoms with Crippen LogP contribution in [0.15, 0.2) is 0 Å². The third kappa shape index (κ3) is 2.15. The monoisotopic (exact) mass is 265 g/mol. The van der Waals surface area contributed by atoms with E-state index in [0.717, 1.165) is 12.3 Å². The molecular weight excluding hydrogens is 242 g/mol. The van der Waals surface area contributed by atoms with Crippen LogP contribution in [0.3, 0.4) is 0 Å². The summed E-state index contributed by atoms with van der Waals surface area (Å²) in [5.41, 5.74) is -0.539. The Morgan fingerprint density at radius 1 is 1.26 bits per heavy atom. The van der Waals surface area contributed by atoms with Crippen LogP contribution in [0.5, 0.6) is 0 Å². The SMILES string of the molecule is CC(C)(C)OC(=O)N1C(=O)C[C@H]2C[C@@H]3CCC[C@@H]3[C@H]21. The van der Waals surface area contributed by atoms with Gasteiger partial charge in [-0.1, -0.05) is 12.8 Å². The molecule has 1 saturated heterocycles. The maximum Gasteiger partial charge on any atom is 0.417 e. The van der Waals surface area contributed by atoms with Crippen molar-refractivity contribution >= 4 is 12.0 Å². The van der Waals surface area contributed by atoms with Gasteiger partial charge in [-0.15, -0.1) is 0 Å². The molecule has 3 rings (SSSR count). The van der Waals surface area contributed by atoms with E-state index in [1.807, 2.05) is 20.8 Å². The second-order valence-corrected chi connectivity index (χ2v) is 7.29. The molecule has 2 amide bonds. The molecule has 0 N–H and O–H groups in total. The van der Waals surface area contributed by atoms with Gasteiger partial charge in [0.05, 0.1) is 0 Å². The Balaban J connectivity index is 1.80. The Bertz CT molecular complexity index is 412. The zero-order valence-corrected chi connectivity index (χ0v) is 12.0. The molecule has 2 saturated carbocycles. The fourth-order valence-electron chi connectivity index (χ4n) is 4.32. The molecule has 0 unspecified atom stereocenters. The average Bonchev–Trinajstić information content (AvgIpc) is 2.84. The van der Waals surface area contributed by atoms with Gasteiger partial charge < -0.3 is 4.74 Å².